The van der Waals surface area contributed by atoms with Crippen LogP contribution in [0.4, 0.5) is 9.59 Å². The number of amides is 2. The van der Waals surface area contributed by atoms with Gasteiger partial charge in [0.15, 0.2) is 0 Å². The summed E-state index contributed by atoms with van der Waals surface area (Å²) in [6.45, 7) is 5.93. The average Bonchev–Trinajstić information content (AvgIpc) is 3.43. The zero-order valence-electron chi connectivity index (χ0n) is 26.9. The maximum Gasteiger partial charge on any atom is 0.407 e. The smallest absolute Gasteiger partial charge is 0.407 e. The Morgan fingerprint density at radius 3 is 1.57 bits per heavy atom. The summed E-state index contributed by atoms with van der Waals surface area (Å²) in [6, 6.07) is 26.0. The Labute approximate surface area is 276 Å². The monoisotopic (exact) mass is 650 g/mol. The van der Waals surface area contributed by atoms with Crippen molar-refractivity contribution in [1.29, 1.82) is 0 Å². The van der Waals surface area contributed by atoms with E-state index in [2.05, 4.69) is 34.9 Å². The van der Waals surface area contributed by atoms with Crippen LogP contribution in [-0.4, -0.2) is 98.0 Å². The molecule has 1 aliphatic rings. The number of carbonyl (C=O) groups excluding carboxylic acids is 2. The maximum atomic E-state index is 12.2. The number of ether oxygens (including phenoxy) is 7. The lowest BCUT2D eigenvalue weighted by Crippen LogP contribution is -2.28. The molecule has 3 aromatic carbocycles. The van der Waals surface area contributed by atoms with E-state index in [0.29, 0.717) is 92.2 Å². The van der Waals surface area contributed by atoms with Gasteiger partial charge in [-0.25, -0.2) is 9.59 Å². The molecule has 2 N–H and O–H groups in total. The van der Waals surface area contributed by atoms with Crippen molar-refractivity contribution in [3.05, 3.63) is 95.6 Å². The SMILES string of the molecule is O=C(NCCOCCOCCOCCOCCOCCCNC(=O)OCC1c2ccccc2-c2ccccc21)OCc1ccccc1. The summed E-state index contributed by atoms with van der Waals surface area (Å²) in [5, 5.41) is 5.44. The molecule has 47 heavy (non-hydrogen) atoms. The second kappa shape index (κ2) is 21.7. The predicted octanol–water partition coefficient (Wildman–Crippen LogP) is 4.92. The summed E-state index contributed by atoms with van der Waals surface area (Å²) in [4.78, 5) is 23.9. The van der Waals surface area contributed by atoms with Crippen LogP contribution in [-0.2, 0) is 39.8 Å². The lowest BCUT2D eigenvalue weighted by molar-refractivity contribution is -0.0109. The van der Waals surface area contributed by atoms with Crippen LogP contribution in [0.5, 0.6) is 0 Å². The molecule has 1 aliphatic carbocycles. The van der Waals surface area contributed by atoms with Crippen LogP contribution in [0.1, 0.15) is 29.0 Å². The van der Waals surface area contributed by atoms with Gasteiger partial charge in [0.2, 0.25) is 0 Å². The van der Waals surface area contributed by atoms with Crippen molar-refractivity contribution < 1.29 is 42.7 Å². The Morgan fingerprint density at radius 2 is 0.979 bits per heavy atom. The summed E-state index contributed by atoms with van der Waals surface area (Å²) in [5.41, 5.74) is 5.73. The fourth-order valence-corrected chi connectivity index (χ4v) is 5.00. The first-order chi connectivity index (χ1) is 23.2. The van der Waals surface area contributed by atoms with Crippen LogP contribution >= 0.6 is 0 Å². The highest BCUT2D eigenvalue weighted by Crippen LogP contribution is 2.44. The van der Waals surface area contributed by atoms with Gasteiger partial charge in [0, 0.05) is 25.6 Å². The third-order valence-electron chi connectivity index (χ3n) is 7.29. The van der Waals surface area contributed by atoms with E-state index in [4.69, 9.17) is 33.2 Å². The molecule has 2 amide bonds. The largest absolute Gasteiger partial charge is 0.449 e. The normalized spacial score (nSPS) is 11.9. The molecule has 0 aromatic heterocycles. The summed E-state index contributed by atoms with van der Waals surface area (Å²) in [5.74, 6) is 0.0480. The minimum Gasteiger partial charge on any atom is -0.449 e. The third kappa shape index (κ3) is 13.3. The third-order valence-corrected chi connectivity index (χ3v) is 7.29. The number of carbonyl (C=O) groups is 2. The average molecular weight is 651 g/mol. The van der Waals surface area contributed by atoms with Gasteiger partial charge in [-0.1, -0.05) is 78.9 Å². The van der Waals surface area contributed by atoms with Crippen molar-refractivity contribution >= 4 is 12.2 Å². The summed E-state index contributed by atoms with van der Waals surface area (Å²) in [7, 11) is 0. The summed E-state index contributed by atoms with van der Waals surface area (Å²) >= 11 is 0. The summed E-state index contributed by atoms with van der Waals surface area (Å²) < 4.78 is 38.1. The number of nitrogens with one attached hydrogen (secondary N) is 2. The maximum absolute atomic E-state index is 12.2. The number of hydrogen-bond donors (Lipinski definition) is 2. The van der Waals surface area contributed by atoms with E-state index < -0.39 is 12.2 Å². The van der Waals surface area contributed by atoms with E-state index >= 15 is 0 Å². The number of benzene rings is 3. The van der Waals surface area contributed by atoms with E-state index in [9.17, 15) is 9.59 Å². The Hall–Kier alpha value is -4.00. The molecule has 0 saturated heterocycles. The fraction of sp³-hybridized carbons (Fsp3) is 0.444. The lowest BCUT2D eigenvalue weighted by atomic mass is 9.98. The van der Waals surface area contributed by atoms with Crippen LogP contribution < -0.4 is 10.6 Å². The van der Waals surface area contributed by atoms with Crippen molar-refractivity contribution in [3.63, 3.8) is 0 Å². The van der Waals surface area contributed by atoms with Gasteiger partial charge in [0.25, 0.3) is 0 Å². The topological polar surface area (TPSA) is 123 Å². The standard InChI is InChI=1S/C36H46N2O9/c39-35(47-28-34-32-13-6-4-11-30(32)31-12-5-7-14-33(31)34)37-15-8-17-41-19-21-43-23-25-45-26-24-44-22-20-42-18-16-38-36(40)46-27-29-9-2-1-3-10-29/h1-7,9-14,34H,8,15-28H2,(H,37,39)(H,38,40). The van der Waals surface area contributed by atoms with Crippen LogP contribution in [0.3, 0.4) is 0 Å². The second-order valence-electron chi connectivity index (χ2n) is 10.7. The van der Waals surface area contributed by atoms with Crippen molar-refractivity contribution in [3.8, 4) is 11.1 Å². The number of rotatable bonds is 23. The highest BCUT2D eigenvalue weighted by molar-refractivity contribution is 5.79. The highest BCUT2D eigenvalue weighted by atomic mass is 16.6. The van der Waals surface area contributed by atoms with Crippen LogP contribution in [0.25, 0.3) is 11.1 Å². The zero-order valence-corrected chi connectivity index (χ0v) is 26.9. The van der Waals surface area contributed by atoms with Gasteiger partial charge in [0.1, 0.15) is 13.2 Å². The zero-order chi connectivity index (χ0) is 32.8. The van der Waals surface area contributed by atoms with E-state index in [1.165, 1.54) is 22.3 Å². The second-order valence-corrected chi connectivity index (χ2v) is 10.7. The molecule has 0 heterocycles. The predicted molar refractivity (Wildman–Crippen MR) is 176 cm³/mol. The molecular weight excluding hydrogens is 604 g/mol. The van der Waals surface area contributed by atoms with Gasteiger partial charge < -0.3 is 43.8 Å². The molecule has 254 valence electrons. The molecule has 0 aliphatic heterocycles. The Balaban J connectivity index is 0.857. The van der Waals surface area contributed by atoms with Crippen molar-refractivity contribution in [2.45, 2.75) is 18.9 Å². The van der Waals surface area contributed by atoms with Crippen molar-refractivity contribution in [1.82, 2.24) is 10.6 Å². The number of fused-ring (bicyclic) bond motifs is 3. The summed E-state index contributed by atoms with van der Waals surface area (Å²) in [6.07, 6.45) is -0.212. The molecule has 0 saturated carbocycles. The van der Waals surface area contributed by atoms with Gasteiger partial charge in [-0.3, -0.25) is 0 Å². The fourth-order valence-electron chi connectivity index (χ4n) is 5.00. The van der Waals surface area contributed by atoms with Gasteiger partial charge >= 0.3 is 12.2 Å². The number of hydrogen-bond acceptors (Lipinski definition) is 9. The first-order valence-electron chi connectivity index (χ1n) is 16.1. The van der Waals surface area contributed by atoms with Crippen molar-refractivity contribution in [2.75, 3.05) is 85.8 Å². The molecule has 11 heteroatoms. The van der Waals surface area contributed by atoms with Crippen molar-refractivity contribution in [2.24, 2.45) is 0 Å². The Kier molecular flexibility index (Phi) is 16.6. The molecule has 0 atom stereocenters. The molecule has 0 spiro atoms. The molecule has 0 unspecified atom stereocenters. The van der Waals surface area contributed by atoms with E-state index in [-0.39, 0.29) is 12.5 Å². The minimum absolute atomic E-state index is 0.0480. The van der Waals surface area contributed by atoms with Crippen LogP contribution in [0.2, 0.25) is 0 Å². The highest BCUT2D eigenvalue weighted by Gasteiger charge is 2.28. The van der Waals surface area contributed by atoms with E-state index in [1.54, 1.807) is 0 Å². The molecule has 3 aromatic rings. The first-order valence-corrected chi connectivity index (χ1v) is 16.1. The van der Waals surface area contributed by atoms with Gasteiger partial charge in [-0.15, -0.1) is 0 Å². The molecular formula is C36H46N2O9. The molecule has 0 fully saturated rings. The van der Waals surface area contributed by atoms with Gasteiger partial charge in [-0.2, -0.15) is 0 Å². The Morgan fingerprint density at radius 1 is 0.511 bits per heavy atom. The molecule has 4 rings (SSSR count). The quantitative estimate of drug-likeness (QED) is 0.138. The Bertz CT molecular complexity index is 1280. The van der Waals surface area contributed by atoms with Crippen LogP contribution in [0, 0.1) is 0 Å². The molecule has 0 radical (unpaired) electrons. The van der Waals surface area contributed by atoms with Gasteiger partial charge in [-0.05, 0) is 34.2 Å². The van der Waals surface area contributed by atoms with Crippen LogP contribution in [0.15, 0.2) is 78.9 Å². The van der Waals surface area contributed by atoms with Gasteiger partial charge in [0.05, 0.1) is 59.5 Å². The minimum atomic E-state index is -0.472. The lowest BCUT2D eigenvalue weighted by Gasteiger charge is -2.14. The first kappa shape index (κ1) is 35.8. The molecule has 0 bridgehead atoms. The van der Waals surface area contributed by atoms with E-state index in [1.807, 2.05) is 54.6 Å². The van der Waals surface area contributed by atoms with E-state index in [0.717, 1.165) is 5.56 Å². The number of alkyl carbamates (subject to hydrolysis) is 2. The molecule has 11 nitrogen and oxygen atoms in total.